The number of benzene rings is 5. The van der Waals surface area contributed by atoms with Crippen LogP contribution in [0.4, 0.5) is 0 Å². The van der Waals surface area contributed by atoms with Crippen LogP contribution in [0.5, 0.6) is 17.2 Å². The summed E-state index contributed by atoms with van der Waals surface area (Å²) in [6.07, 6.45) is 2.02. The molecule has 5 aromatic carbocycles. The van der Waals surface area contributed by atoms with Gasteiger partial charge in [-0.2, -0.15) is 0 Å². The molecule has 1 aromatic heterocycles. The van der Waals surface area contributed by atoms with Crippen LogP contribution in [0.1, 0.15) is 16.7 Å². The van der Waals surface area contributed by atoms with Crippen LogP contribution < -0.4 is 14.2 Å². The van der Waals surface area contributed by atoms with Crippen molar-refractivity contribution in [2.24, 2.45) is 0 Å². The van der Waals surface area contributed by atoms with E-state index in [1.54, 1.807) is 0 Å². The molecule has 0 radical (unpaired) electrons. The van der Waals surface area contributed by atoms with E-state index in [1.807, 2.05) is 144 Å². The van der Waals surface area contributed by atoms with Gasteiger partial charge in [-0.25, -0.2) is 0 Å². The van der Waals surface area contributed by atoms with Crippen molar-refractivity contribution in [3.05, 3.63) is 161 Å². The number of para-hydroxylation sites is 2. The first-order valence-corrected chi connectivity index (χ1v) is 14.6. The number of rotatable bonds is 12. The third-order valence-corrected chi connectivity index (χ3v) is 7.47. The minimum absolute atomic E-state index is 0.154. The Morgan fingerprint density at radius 1 is 0.628 bits per heavy atom. The largest absolute Gasteiger partial charge is 0.485 e. The first-order valence-electron chi connectivity index (χ1n) is 14.2. The number of halogens is 1. The number of hydrogen-bond acceptors (Lipinski definition) is 4. The lowest BCUT2D eigenvalue weighted by Crippen LogP contribution is -2.42. The van der Waals surface area contributed by atoms with E-state index in [2.05, 4.69) is 0 Å². The van der Waals surface area contributed by atoms with Crippen LogP contribution in [-0.4, -0.2) is 15.5 Å². The number of aromatic nitrogens is 1. The molecule has 6 rings (SSSR count). The fraction of sp³-hybridized carbons (Fsp3) is 0.135. The monoisotopic (exact) mass is 589 g/mol. The fourth-order valence-corrected chi connectivity index (χ4v) is 5.39. The third-order valence-electron chi connectivity index (χ3n) is 7.17. The quantitative estimate of drug-likeness (QED) is 0.145. The zero-order valence-corrected chi connectivity index (χ0v) is 24.4. The summed E-state index contributed by atoms with van der Waals surface area (Å²) in [7, 11) is 0. The normalized spacial score (nSPS) is 12.5. The second-order valence-corrected chi connectivity index (χ2v) is 10.9. The molecule has 0 bridgehead atoms. The topological polar surface area (TPSA) is 52.8 Å². The maximum absolute atomic E-state index is 12.1. The molecule has 1 heterocycles. The van der Waals surface area contributed by atoms with Gasteiger partial charge in [-0.3, -0.25) is 0 Å². The van der Waals surface area contributed by atoms with E-state index in [9.17, 15) is 5.11 Å². The Morgan fingerprint density at radius 3 is 1.88 bits per heavy atom. The van der Waals surface area contributed by atoms with E-state index < -0.39 is 5.79 Å². The van der Waals surface area contributed by atoms with Crippen LogP contribution >= 0.6 is 11.6 Å². The summed E-state index contributed by atoms with van der Waals surface area (Å²) < 4.78 is 20.7. The third kappa shape index (κ3) is 7.20. The van der Waals surface area contributed by atoms with E-state index in [1.165, 1.54) is 0 Å². The highest BCUT2D eigenvalue weighted by atomic mass is 35.5. The van der Waals surface area contributed by atoms with Gasteiger partial charge < -0.3 is 23.9 Å². The van der Waals surface area contributed by atoms with E-state index in [0.717, 1.165) is 27.6 Å². The lowest BCUT2D eigenvalue weighted by atomic mass is 10.0. The van der Waals surface area contributed by atoms with Gasteiger partial charge in [-0.15, -0.1) is 0 Å². The van der Waals surface area contributed by atoms with Gasteiger partial charge in [0.15, 0.2) is 11.5 Å². The molecule has 0 aliphatic rings. The molecular formula is C37H32ClNO4. The van der Waals surface area contributed by atoms with Crippen LogP contribution in [0.3, 0.4) is 0 Å². The molecule has 6 heteroatoms. The molecule has 6 aromatic rings. The van der Waals surface area contributed by atoms with Crippen LogP contribution in [-0.2, 0) is 26.2 Å². The lowest BCUT2D eigenvalue weighted by molar-refractivity contribution is -0.146. The van der Waals surface area contributed by atoms with Crippen LogP contribution in [0, 0.1) is 0 Å². The average Bonchev–Trinajstić information content (AvgIpc) is 3.35. The van der Waals surface area contributed by atoms with Crippen molar-refractivity contribution in [3.63, 3.8) is 0 Å². The highest BCUT2D eigenvalue weighted by molar-refractivity contribution is 6.35. The second-order valence-electron chi connectivity index (χ2n) is 10.5. The zero-order valence-electron chi connectivity index (χ0n) is 23.6. The molecule has 5 nitrogen and oxygen atoms in total. The van der Waals surface area contributed by atoms with Crippen molar-refractivity contribution in [2.75, 3.05) is 0 Å². The van der Waals surface area contributed by atoms with Gasteiger partial charge in [0.2, 0.25) is 5.79 Å². The van der Waals surface area contributed by atoms with Gasteiger partial charge >= 0.3 is 0 Å². The van der Waals surface area contributed by atoms with Crippen molar-refractivity contribution in [3.8, 4) is 17.2 Å². The van der Waals surface area contributed by atoms with Crippen LogP contribution in [0.25, 0.3) is 10.9 Å². The predicted molar refractivity (Wildman–Crippen MR) is 171 cm³/mol. The Morgan fingerprint density at radius 2 is 1.21 bits per heavy atom. The highest BCUT2D eigenvalue weighted by Crippen LogP contribution is 2.33. The highest BCUT2D eigenvalue weighted by Gasteiger charge is 2.32. The van der Waals surface area contributed by atoms with Crippen LogP contribution in [0.2, 0.25) is 5.02 Å². The summed E-state index contributed by atoms with van der Waals surface area (Å²) in [5.41, 5.74) is 3.85. The fourth-order valence-electron chi connectivity index (χ4n) is 5.12. The van der Waals surface area contributed by atoms with Crippen molar-refractivity contribution >= 4 is 22.5 Å². The van der Waals surface area contributed by atoms with Crippen LogP contribution in [0.15, 0.2) is 140 Å². The van der Waals surface area contributed by atoms with Gasteiger partial charge in [-0.05, 0) is 47.0 Å². The molecule has 0 saturated carbocycles. The van der Waals surface area contributed by atoms with Gasteiger partial charge in [0.05, 0.1) is 11.6 Å². The SMILES string of the molecule is OC(Cc1ccc(OCc2ccccc2)c(OCc2ccccc2)c1)(Cn1cc(Cl)c2ccccc21)Oc1ccccc1. The number of nitrogens with zero attached hydrogens (tertiary/aromatic N) is 1. The first kappa shape index (κ1) is 28.4. The summed E-state index contributed by atoms with van der Waals surface area (Å²) >= 11 is 6.55. The summed E-state index contributed by atoms with van der Waals surface area (Å²) in [6.45, 7) is 0.941. The summed E-state index contributed by atoms with van der Waals surface area (Å²) in [5, 5.41) is 13.6. The maximum atomic E-state index is 12.1. The van der Waals surface area contributed by atoms with Gasteiger partial charge in [0.1, 0.15) is 19.0 Å². The van der Waals surface area contributed by atoms with Crippen molar-refractivity contribution in [2.45, 2.75) is 32.0 Å². The lowest BCUT2D eigenvalue weighted by Gasteiger charge is -2.30. The number of fused-ring (bicyclic) bond motifs is 1. The first-order chi connectivity index (χ1) is 21.0. The average molecular weight is 590 g/mol. The number of aliphatic hydroxyl groups is 1. The molecule has 1 N–H and O–H groups in total. The molecule has 1 unspecified atom stereocenters. The summed E-state index contributed by atoms with van der Waals surface area (Å²) in [4.78, 5) is 0. The molecule has 216 valence electrons. The Kier molecular flexibility index (Phi) is 8.64. The zero-order chi connectivity index (χ0) is 29.5. The Hall–Kier alpha value is -4.71. The maximum Gasteiger partial charge on any atom is 0.230 e. The van der Waals surface area contributed by atoms with Crippen molar-refractivity contribution < 1.29 is 19.3 Å². The molecule has 1 atom stereocenters. The molecule has 0 saturated heterocycles. The minimum atomic E-state index is -1.60. The Balaban J connectivity index is 1.30. The van der Waals surface area contributed by atoms with Crippen molar-refractivity contribution in [1.82, 2.24) is 4.57 Å². The summed E-state index contributed by atoms with van der Waals surface area (Å²) in [6, 6.07) is 43.0. The van der Waals surface area contributed by atoms with E-state index in [0.29, 0.717) is 35.5 Å². The standard InChI is InChI=1S/C37H32ClNO4/c38-33-24-39(34-19-11-10-18-32(33)34)27-37(40,43-31-16-8-3-9-17-31)23-30-20-21-35(41-25-28-12-4-1-5-13-28)36(22-30)42-26-29-14-6-2-7-15-29/h1-22,24,40H,23,25-27H2. The van der Waals surface area contributed by atoms with Crippen molar-refractivity contribution in [1.29, 1.82) is 0 Å². The number of hydrogen-bond donors (Lipinski definition) is 1. The molecule has 0 fully saturated rings. The molecule has 0 amide bonds. The van der Waals surface area contributed by atoms with E-state index in [-0.39, 0.29) is 13.0 Å². The second kappa shape index (κ2) is 13.1. The molecule has 43 heavy (non-hydrogen) atoms. The van der Waals surface area contributed by atoms with E-state index >= 15 is 0 Å². The smallest absolute Gasteiger partial charge is 0.230 e. The molecule has 0 spiro atoms. The molecular weight excluding hydrogens is 558 g/mol. The molecule has 0 aliphatic heterocycles. The Labute approximate surface area is 256 Å². The van der Waals surface area contributed by atoms with Gasteiger partial charge in [0, 0.05) is 23.5 Å². The Bertz CT molecular complexity index is 1770. The minimum Gasteiger partial charge on any atom is -0.485 e. The van der Waals surface area contributed by atoms with E-state index in [4.69, 9.17) is 25.8 Å². The molecule has 0 aliphatic carbocycles. The number of ether oxygens (including phenoxy) is 3. The predicted octanol–water partition coefficient (Wildman–Crippen LogP) is 8.46. The van der Waals surface area contributed by atoms with Gasteiger partial charge in [-0.1, -0.05) is 115 Å². The summed E-state index contributed by atoms with van der Waals surface area (Å²) in [5.74, 6) is 0.180. The van der Waals surface area contributed by atoms with Gasteiger partial charge in [0.25, 0.3) is 0 Å².